The zero-order valence-electron chi connectivity index (χ0n) is 15.4. The van der Waals surface area contributed by atoms with Crippen LogP contribution < -0.4 is 0 Å². The molecule has 0 aliphatic carbocycles. The number of rotatable bonds is 7. The first-order valence-corrected chi connectivity index (χ1v) is 8.38. The minimum Gasteiger partial charge on any atom is -0.454 e. The molecular formula is C19H22N2O5. The average molecular weight is 358 g/mol. The summed E-state index contributed by atoms with van der Waals surface area (Å²) in [4.78, 5) is 34.8. The minimum atomic E-state index is -0.682. The number of hydrogen-bond donors (Lipinski definition) is 0. The molecule has 2 rings (SSSR count). The molecule has 1 aromatic heterocycles. The van der Waals surface area contributed by atoms with Crippen molar-refractivity contribution in [3.63, 3.8) is 0 Å². The number of hydrogen-bond acceptors (Lipinski definition) is 5. The number of Topliss-reactive ketones (excluding diaryl/α,β-unsaturated/α-hetero) is 1. The quantitative estimate of drug-likeness (QED) is 0.325. The van der Waals surface area contributed by atoms with E-state index in [1.54, 1.807) is 13.0 Å². The van der Waals surface area contributed by atoms with Crippen LogP contribution in [0.15, 0.2) is 24.3 Å². The zero-order valence-corrected chi connectivity index (χ0v) is 15.4. The van der Waals surface area contributed by atoms with Crippen LogP contribution in [0.2, 0.25) is 0 Å². The number of aromatic nitrogens is 1. The van der Waals surface area contributed by atoms with Gasteiger partial charge in [0.05, 0.1) is 10.5 Å². The van der Waals surface area contributed by atoms with Crippen LogP contribution in [-0.4, -0.2) is 27.8 Å². The van der Waals surface area contributed by atoms with Crippen LogP contribution in [0.25, 0.3) is 0 Å². The first-order valence-electron chi connectivity index (χ1n) is 8.38. The van der Waals surface area contributed by atoms with Crippen LogP contribution in [0.3, 0.4) is 0 Å². The number of esters is 1. The minimum absolute atomic E-state index is 0.0685. The van der Waals surface area contributed by atoms with Crippen LogP contribution >= 0.6 is 0 Å². The number of ketones is 1. The summed E-state index contributed by atoms with van der Waals surface area (Å²) in [5.74, 6) is -0.953. The van der Waals surface area contributed by atoms with Crippen molar-refractivity contribution in [2.75, 3.05) is 6.61 Å². The second-order valence-corrected chi connectivity index (χ2v) is 6.19. The van der Waals surface area contributed by atoms with E-state index in [-0.39, 0.29) is 23.6 Å². The number of carbonyl (C=O) groups is 2. The number of aryl methyl sites for hydroxylation is 2. The maximum absolute atomic E-state index is 12.4. The molecule has 0 aliphatic rings. The molecule has 0 bridgehead atoms. The van der Waals surface area contributed by atoms with Gasteiger partial charge in [-0.25, -0.2) is 4.79 Å². The number of nitro benzene ring substituents is 1. The van der Waals surface area contributed by atoms with Crippen molar-refractivity contribution in [2.45, 2.75) is 40.7 Å². The number of nitrogens with zero attached hydrogens (tertiary/aromatic N) is 2. The highest BCUT2D eigenvalue weighted by molar-refractivity contribution is 6.00. The number of benzene rings is 1. The molecular weight excluding hydrogens is 336 g/mol. The molecule has 0 unspecified atom stereocenters. The van der Waals surface area contributed by atoms with Crippen molar-refractivity contribution in [1.82, 2.24) is 4.57 Å². The molecule has 0 atom stereocenters. The lowest BCUT2D eigenvalue weighted by molar-refractivity contribution is -0.385. The molecule has 0 saturated carbocycles. The molecule has 0 N–H and O–H groups in total. The van der Waals surface area contributed by atoms with Gasteiger partial charge in [0.25, 0.3) is 5.69 Å². The van der Waals surface area contributed by atoms with E-state index in [4.69, 9.17) is 4.74 Å². The molecule has 0 saturated heterocycles. The summed E-state index contributed by atoms with van der Waals surface area (Å²) >= 11 is 0. The fourth-order valence-corrected chi connectivity index (χ4v) is 2.93. The Balaban J connectivity index is 2.08. The summed E-state index contributed by atoms with van der Waals surface area (Å²) in [5, 5.41) is 10.8. The predicted molar refractivity (Wildman–Crippen MR) is 96.6 cm³/mol. The molecule has 0 aliphatic heterocycles. The third kappa shape index (κ3) is 3.99. The topological polar surface area (TPSA) is 91.4 Å². The highest BCUT2D eigenvalue weighted by atomic mass is 16.6. The largest absolute Gasteiger partial charge is 0.454 e. The van der Waals surface area contributed by atoms with Gasteiger partial charge >= 0.3 is 5.97 Å². The summed E-state index contributed by atoms with van der Waals surface area (Å²) in [7, 11) is 0. The van der Waals surface area contributed by atoms with E-state index >= 15 is 0 Å². The van der Waals surface area contributed by atoms with Crippen LogP contribution in [0.4, 0.5) is 5.69 Å². The fraction of sp³-hybridized carbons (Fsp3) is 0.368. The monoisotopic (exact) mass is 358 g/mol. The first-order chi connectivity index (χ1) is 12.3. The zero-order chi connectivity index (χ0) is 19.4. The van der Waals surface area contributed by atoms with Crippen LogP contribution in [0.1, 0.15) is 51.0 Å². The number of ether oxygens (including phenoxy) is 1. The normalized spacial score (nSPS) is 10.6. The van der Waals surface area contributed by atoms with Crippen LogP contribution in [-0.2, 0) is 11.3 Å². The van der Waals surface area contributed by atoms with E-state index in [1.807, 2.05) is 13.8 Å². The van der Waals surface area contributed by atoms with E-state index < -0.39 is 10.9 Å². The third-order valence-corrected chi connectivity index (χ3v) is 4.28. The van der Waals surface area contributed by atoms with Gasteiger partial charge in [-0.05, 0) is 45.4 Å². The summed E-state index contributed by atoms with van der Waals surface area (Å²) < 4.78 is 7.16. The SMILES string of the molecule is CCCn1c(C)cc(C(=O)COC(=O)c2ccc([N+](=O)[O-])c(C)c2)c1C. The van der Waals surface area contributed by atoms with E-state index in [2.05, 4.69) is 11.5 Å². The summed E-state index contributed by atoms with van der Waals surface area (Å²) in [6, 6.07) is 5.77. The Kier molecular flexibility index (Phi) is 5.92. The van der Waals surface area contributed by atoms with E-state index in [0.717, 1.165) is 24.4 Å². The first kappa shape index (κ1) is 19.4. The van der Waals surface area contributed by atoms with Crippen molar-refractivity contribution < 1.29 is 19.2 Å². The standard InChI is InChI=1S/C19H22N2O5/c1-5-8-20-13(3)10-16(14(20)4)18(22)11-26-19(23)15-6-7-17(21(24)25)12(2)9-15/h6-7,9-10H,5,8,11H2,1-4H3. The average Bonchev–Trinajstić information content (AvgIpc) is 2.87. The van der Waals surface area contributed by atoms with Gasteiger partial charge in [-0.3, -0.25) is 14.9 Å². The van der Waals surface area contributed by atoms with Gasteiger partial charge in [-0.1, -0.05) is 6.92 Å². The molecule has 0 spiro atoms. The molecule has 0 amide bonds. The highest BCUT2D eigenvalue weighted by Gasteiger charge is 2.19. The number of carbonyl (C=O) groups excluding carboxylic acids is 2. The molecule has 26 heavy (non-hydrogen) atoms. The predicted octanol–water partition coefficient (Wildman–Crippen LogP) is 3.77. The lowest BCUT2D eigenvalue weighted by atomic mass is 10.1. The Morgan fingerprint density at radius 2 is 1.88 bits per heavy atom. The van der Waals surface area contributed by atoms with Crippen LogP contribution in [0.5, 0.6) is 0 Å². The summed E-state index contributed by atoms with van der Waals surface area (Å²) in [6.07, 6.45) is 0.957. The van der Waals surface area contributed by atoms with Gasteiger partial charge in [0.15, 0.2) is 6.61 Å². The van der Waals surface area contributed by atoms with E-state index in [9.17, 15) is 19.7 Å². The second-order valence-electron chi connectivity index (χ2n) is 6.19. The van der Waals surface area contributed by atoms with Crippen molar-refractivity contribution in [1.29, 1.82) is 0 Å². The third-order valence-electron chi connectivity index (χ3n) is 4.28. The second kappa shape index (κ2) is 7.95. The van der Waals surface area contributed by atoms with Crippen molar-refractivity contribution in [2.24, 2.45) is 0 Å². The van der Waals surface area contributed by atoms with Gasteiger partial charge in [0.1, 0.15) is 0 Å². The Labute approximate surface area is 151 Å². The summed E-state index contributed by atoms with van der Waals surface area (Å²) in [5.41, 5.74) is 2.86. The van der Waals surface area contributed by atoms with Gasteiger partial charge < -0.3 is 9.30 Å². The molecule has 2 aromatic rings. The number of nitro groups is 1. The Bertz CT molecular complexity index is 867. The van der Waals surface area contributed by atoms with E-state index in [0.29, 0.717) is 11.1 Å². The Morgan fingerprint density at radius 3 is 2.46 bits per heavy atom. The van der Waals surface area contributed by atoms with Gasteiger partial charge in [0.2, 0.25) is 5.78 Å². The smallest absolute Gasteiger partial charge is 0.338 e. The van der Waals surface area contributed by atoms with Crippen LogP contribution in [0, 0.1) is 30.9 Å². The van der Waals surface area contributed by atoms with Gasteiger partial charge in [-0.15, -0.1) is 0 Å². The summed E-state index contributed by atoms with van der Waals surface area (Å²) in [6.45, 7) is 7.87. The Hall–Kier alpha value is -2.96. The molecule has 1 heterocycles. The molecule has 7 nitrogen and oxygen atoms in total. The van der Waals surface area contributed by atoms with Crippen molar-refractivity contribution in [3.05, 3.63) is 62.5 Å². The van der Waals surface area contributed by atoms with Crippen molar-refractivity contribution >= 4 is 17.4 Å². The molecule has 0 radical (unpaired) electrons. The lowest BCUT2D eigenvalue weighted by Crippen LogP contribution is -2.15. The molecule has 7 heteroatoms. The lowest BCUT2D eigenvalue weighted by Gasteiger charge is -2.08. The fourth-order valence-electron chi connectivity index (χ4n) is 2.93. The molecule has 1 aromatic carbocycles. The molecule has 138 valence electrons. The van der Waals surface area contributed by atoms with Gasteiger partial charge in [-0.2, -0.15) is 0 Å². The maximum Gasteiger partial charge on any atom is 0.338 e. The highest BCUT2D eigenvalue weighted by Crippen LogP contribution is 2.20. The van der Waals surface area contributed by atoms with E-state index in [1.165, 1.54) is 18.2 Å². The van der Waals surface area contributed by atoms with Crippen molar-refractivity contribution in [3.8, 4) is 0 Å². The Morgan fingerprint density at radius 1 is 1.19 bits per heavy atom. The molecule has 0 fully saturated rings. The maximum atomic E-state index is 12.4. The van der Waals surface area contributed by atoms with Gasteiger partial charge in [0, 0.05) is 35.1 Å².